The van der Waals surface area contributed by atoms with Crippen LogP contribution >= 0.6 is 0 Å². The number of Topliss-reactive ketones (excluding diaryl/α,β-unsaturated/α-hetero) is 2. The second-order valence-corrected chi connectivity index (χ2v) is 10.6. The molecule has 1 amide bonds. The Kier molecular flexibility index (Phi) is 6.16. The summed E-state index contributed by atoms with van der Waals surface area (Å²) in [5.41, 5.74) is 5.03. The summed E-state index contributed by atoms with van der Waals surface area (Å²) >= 11 is 0. The average molecular weight is 519 g/mol. The largest absolute Gasteiger partial charge is 0.511 e. The number of allylic oxidation sites excluding steroid dienone is 2. The number of benzene rings is 2. The van der Waals surface area contributed by atoms with Crippen molar-refractivity contribution in [1.29, 1.82) is 0 Å². The Labute approximate surface area is 219 Å². The van der Waals surface area contributed by atoms with E-state index in [0.717, 1.165) is 16.7 Å². The first-order valence-electron chi connectivity index (χ1n) is 12.6. The van der Waals surface area contributed by atoms with Crippen molar-refractivity contribution in [3.05, 3.63) is 75.8 Å². The summed E-state index contributed by atoms with van der Waals surface area (Å²) in [4.78, 5) is 38.6. The lowest BCUT2D eigenvalue weighted by molar-refractivity contribution is -0.144. The van der Waals surface area contributed by atoms with Crippen LogP contribution in [0.15, 0.2) is 59.1 Å². The van der Waals surface area contributed by atoms with Crippen LogP contribution in [0.4, 0.5) is 0 Å². The molecule has 3 aliphatic carbocycles. The predicted octanol–water partition coefficient (Wildman–Crippen LogP) is 2.75. The third-order valence-electron chi connectivity index (χ3n) is 7.92. The molecule has 3 atom stereocenters. The SMILES string of the molecule is CC(C)NCc1ccc(-c2ccc(O)c3c2C[C@H]2C[C@H]4CC(O)=C(C(N)=O)C(=O)[C@@]4(O)C(O)=C2C3=O)cc1. The number of hydrogen-bond acceptors (Lipinski definition) is 8. The third kappa shape index (κ3) is 3.81. The molecule has 9 heteroatoms. The van der Waals surface area contributed by atoms with E-state index in [1.54, 1.807) is 6.07 Å². The molecule has 0 spiro atoms. The number of amides is 1. The molecular weight excluding hydrogens is 488 g/mol. The van der Waals surface area contributed by atoms with Crippen LogP contribution in [0.1, 0.15) is 48.2 Å². The van der Waals surface area contributed by atoms with Gasteiger partial charge >= 0.3 is 0 Å². The number of fused-ring (bicyclic) bond motifs is 3. The highest BCUT2D eigenvalue weighted by Crippen LogP contribution is 2.52. The molecule has 38 heavy (non-hydrogen) atoms. The Morgan fingerprint density at radius 3 is 2.39 bits per heavy atom. The van der Waals surface area contributed by atoms with Crippen LogP contribution in [0.5, 0.6) is 5.75 Å². The second-order valence-electron chi connectivity index (χ2n) is 10.6. The lowest BCUT2D eigenvalue weighted by Gasteiger charge is -2.45. The summed E-state index contributed by atoms with van der Waals surface area (Å²) in [5.74, 6) is -6.35. The van der Waals surface area contributed by atoms with Gasteiger partial charge in [0, 0.05) is 30.5 Å². The van der Waals surface area contributed by atoms with E-state index in [4.69, 9.17) is 5.73 Å². The fraction of sp³-hybridized carbons (Fsp3) is 0.345. The number of aliphatic hydroxyl groups is 3. The maximum absolute atomic E-state index is 13.7. The molecule has 5 rings (SSSR count). The quantitative estimate of drug-likeness (QED) is 0.328. The number of primary amides is 1. The Bertz CT molecular complexity index is 1440. The Hall–Kier alpha value is -3.95. The molecule has 3 aliphatic rings. The van der Waals surface area contributed by atoms with Gasteiger partial charge < -0.3 is 31.5 Å². The first-order chi connectivity index (χ1) is 17.9. The van der Waals surface area contributed by atoms with E-state index >= 15 is 0 Å². The van der Waals surface area contributed by atoms with Crippen molar-refractivity contribution in [2.75, 3.05) is 0 Å². The summed E-state index contributed by atoms with van der Waals surface area (Å²) in [7, 11) is 0. The fourth-order valence-corrected chi connectivity index (χ4v) is 6.01. The first kappa shape index (κ1) is 25.7. The molecule has 0 aromatic heterocycles. The smallest absolute Gasteiger partial charge is 0.255 e. The van der Waals surface area contributed by atoms with Crippen molar-refractivity contribution in [1.82, 2.24) is 5.32 Å². The molecule has 7 N–H and O–H groups in total. The maximum atomic E-state index is 13.7. The summed E-state index contributed by atoms with van der Waals surface area (Å²) < 4.78 is 0. The third-order valence-corrected chi connectivity index (χ3v) is 7.92. The lowest BCUT2D eigenvalue weighted by atomic mass is 9.60. The van der Waals surface area contributed by atoms with Crippen LogP contribution in [0, 0.1) is 11.8 Å². The van der Waals surface area contributed by atoms with Crippen LogP contribution in [-0.4, -0.2) is 49.5 Å². The average Bonchev–Trinajstić information content (AvgIpc) is 2.85. The molecule has 0 fully saturated rings. The molecule has 2 aromatic carbocycles. The standard InChI is InChI=1S/C29H30N2O7/c1-13(2)31-12-14-3-5-15(6-4-14)18-7-8-20(32)23-19(18)10-16-9-17-11-21(33)24(28(30)37)27(36)29(17,38)26(35)22(16)25(23)34/h3-8,13,16-17,31-33,35,38H,9-12H2,1-2H3,(H2,30,37)/t16-,17+,29+/m1/s1. The molecular formula is C29H30N2O7. The number of carbonyl (C=O) groups is 3. The molecule has 0 saturated heterocycles. The van der Waals surface area contributed by atoms with Crippen molar-refractivity contribution >= 4 is 17.5 Å². The number of aliphatic hydroxyl groups excluding tert-OH is 2. The van der Waals surface area contributed by atoms with E-state index < -0.39 is 52.0 Å². The maximum Gasteiger partial charge on any atom is 0.255 e. The zero-order chi connectivity index (χ0) is 27.5. The Morgan fingerprint density at radius 1 is 1.08 bits per heavy atom. The minimum atomic E-state index is -2.57. The van der Waals surface area contributed by atoms with E-state index in [1.807, 2.05) is 24.3 Å². The van der Waals surface area contributed by atoms with Crippen LogP contribution in [-0.2, 0) is 22.6 Å². The number of rotatable bonds is 5. The summed E-state index contributed by atoms with van der Waals surface area (Å²) in [5, 5.41) is 46.9. The number of ketones is 2. The number of hydrogen-bond donors (Lipinski definition) is 6. The molecule has 0 radical (unpaired) electrons. The highest BCUT2D eigenvalue weighted by molar-refractivity contribution is 6.24. The Morgan fingerprint density at radius 2 is 1.76 bits per heavy atom. The normalized spacial score (nSPS) is 24.8. The van der Waals surface area contributed by atoms with Crippen molar-refractivity contribution < 1.29 is 34.8 Å². The van der Waals surface area contributed by atoms with Crippen molar-refractivity contribution in [2.45, 2.75) is 51.3 Å². The number of phenolic OH excluding ortho intramolecular Hbond substituents is 1. The van der Waals surface area contributed by atoms with Crippen LogP contribution < -0.4 is 11.1 Å². The predicted molar refractivity (Wildman–Crippen MR) is 138 cm³/mol. The Balaban J connectivity index is 1.58. The molecule has 198 valence electrons. The molecule has 0 saturated carbocycles. The van der Waals surface area contributed by atoms with E-state index in [9.17, 15) is 34.8 Å². The van der Waals surface area contributed by atoms with E-state index in [2.05, 4.69) is 19.2 Å². The molecule has 0 bridgehead atoms. The van der Waals surface area contributed by atoms with Gasteiger partial charge in [0.1, 0.15) is 22.8 Å². The van der Waals surface area contributed by atoms with Crippen molar-refractivity contribution in [3.8, 4) is 16.9 Å². The van der Waals surface area contributed by atoms with Gasteiger partial charge in [-0.2, -0.15) is 0 Å². The van der Waals surface area contributed by atoms with Gasteiger partial charge in [-0.05, 0) is 47.1 Å². The number of nitrogens with two attached hydrogens (primary N) is 1. The van der Waals surface area contributed by atoms with Gasteiger partial charge in [0.2, 0.25) is 5.78 Å². The molecule has 0 unspecified atom stereocenters. The monoisotopic (exact) mass is 518 g/mol. The van der Waals surface area contributed by atoms with Gasteiger partial charge in [0.15, 0.2) is 11.4 Å². The second kappa shape index (κ2) is 9.11. The summed E-state index contributed by atoms with van der Waals surface area (Å²) in [6, 6.07) is 11.4. The van der Waals surface area contributed by atoms with E-state index in [1.165, 1.54) is 6.07 Å². The van der Waals surface area contributed by atoms with Gasteiger partial charge in [-0.15, -0.1) is 0 Å². The van der Waals surface area contributed by atoms with Gasteiger partial charge in [-0.3, -0.25) is 14.4 Å². The minimum Gasteiger partial charge on any atom is -0.511 e. The number of aromatic hydroxyl groups is 1. The number of phenols is 1. The molecule has 9 nitrogen and oxygen atoms in total. The van der Waals surface area contributed by atoms with E-state index in [-0.39, 0.29) is 36.1 Å². The van der Waals surface area contributed by atoms with Crippen molar-refractivity contribution in [3.63, 3.8) is 0 Å². The zero-order valence-electron chi connectivity index (χ0n) is 21.1. The van der Waals surface area contributed by atoms with Gasteiger partial charge in [0.05, 0.1) is 5.56 Å². The minimum absolute atomic E-state index is 0.00433. The van der Waals surface area contributed by atoms with Gasteiger partial charge in [-0.25, -0.2) is 0 Å². The number of carbonyl (C=O) groups excluding carboxylic acids is 3. The fourth-order valence-electron chi connectivity index (χ4n) is 6.01. The lowest BCUT2D eigenvalue weighted by Crippen LogP contribution is -2.57. The summed E-state index contributed by atoms with van der Waals surface area (Å²) in [6.07, 6.45) is 0.0980. The zero-order valence-corrected chi connectivity index (χ0v) is 21.1. The van der Waals surface area contributed by atoms with Gasteiger partial charge in [-0.1, -0.05) is 44.2 Å². The number of nitrogens with one attached hydrogen (secondary N) is 1. The van der Waals surface area contributed by atoms with Gasteiger partial charge in [0.25, 0.3) is 5.91 Å². The summed E-state index contributed by atoms with van der Waals surface area (Å²) in [6.45, 7) is 4.85. The highest BCUT2D eigenvalue weighted by atomic mass is 16.3. The van der Waals surface area contributed by atoms with Crippen LogP contribution in [0.2, 0.25) is 0 Å². The van der Waals surface area contributed by atoms with E-state index in [0.29, 0.717) is 18.2 Å². The topological polar surface area (TPSA) is 170 Å². The van der Waals surface area contributed by atoms with Crippen LogP contribution in [0.3, 0.4) is 0 Å². The molecule has 0 heterocycles. The van der Waals surface area contributed by atoms with Crippen molar-refractivity contribution in [2.24, 2.45) is 17.6 Å². The first-order valence-corrected chi connectivity index (χ1v) is 12.6. The van der Waals surface area contributed by atoms with Crippen LogP contribution in [0.25, 0.3) is 11.1 Å². The highest BCUT2D eigenvalue weighted by Gasteiger charge is 2.59. The molecule has 0 aliphatic heterocycles. The molecule has 2 aromatic rings.